The van der Waals surface area contributed by atoms with E-state index in [1.54, 1.807) is 0 Å². The van der Waals surface area contributed by atoms with Crippen LogP contribution in [0.3, 0.4) is 0 Å². The maximum Gasteiger partial charge on any atom is 0 e. The third kappa shape index (κ3) is 0.838. The molecule has 18 saturated carbocycles. The van der Waals surface area contributed by atoms with Gasteiger partial charge in [0, 0.05) is 21.1 Å². The van der Waals surface area contributed by atoms with E-state index in [0.29, 0.717) is 0 Å². The van der Waals surface area contributed by atoms with Crippen molar-refractivity contribution in [1.29, 1.82) is 0 Å². The van der Waals surface area contributed by atoms with Crippen LogP contribution in [0, 0.1) is 142 Å². The zero-order chi connectivity index (χ0) is 13.9. The second-order valence-corrected chi connectivity index (χ2v) is 13.9. The predicted octanol–water partition coefficient (Wildman–Crippen LogP) is 4.20. The van der Waals surface area contributed by atoms with E-state index in [2.05, 4.69) is 0 Å². The van der Waals surface area contributed by atoms with Crippen molar-refractivity contribution < 1.29 is 21.1 Å². The Balaban J connectivity index is 0.0000000620. The monoisotopic (exact) mass is 640 g/mol. The van der Waals surface area contributed by atoms with E-state index in [1.807, 2.05) is 0 Å². The minimum Gasteiger partial charge on any atom is -0.107 e. The van der Waals surface area contributed by atoms with Crippen LogP contribution in [0.25, 0.3) is 0 Å². The van der Waals surface area contributed by atoms with Gasteiger partial charge < -0.3 is 0 Å². The van der Waals surface area contributed by atoms with Crippen molar-refractivity contribution >= 4 is 24.0 Å². The summed E-state index contributed by atoms with van der Waals surface area (Å²) in [5, 5.41) is 0. The van der Waals surface area contributed by atoms with Crippen molar-refractivity contribution in [1.82, 2.24) is 0 Å². The van der Waals surface area contributed by atoms with Gasteiger partial charge in [-0.05, 0) is 142 Å². The molecule has 0 saturated heterocycles. The first kappa shape index (κ1) is 15.3. The molecule has 2 heteroatoms. The summed E-state index contributed by atoms with van der Waals surface area (Å²) in [5.74, 6) is 32.0. The second-order valence-electron chi connectivity index (χ2n) is 13.9. The Morgan fingerprint density at radius 1 is 0.185 bits per heavy atom. The molecule has 0 atom stereocenters. The second kappa shape index (κ2) is 3.55. The summed E-state index contributed by atoms with van der Waals surface area (Å²) < 4.78 is 0. The Morgan fingerprint density at radius 2 is 0.222 bits per heavy atom. The minimum absolute atomic E-state index is 0. The molecule has 0 aromatic carbocycles. The fourth-order valence-electron chi connectivity index (χ4n) is 15.9. The van der Waals surface area contributed by atoms with E-state index in [-0.39, 0.29) is 52.5 Å². The van der Waals surface area contributed by atoms with Gasteiger partial charge in [-0.3, -0.25) is 0 Å². The van der Waals surface area contributed by atoms with Crippen LogP contribution < -0.4 is 0 Å². The molecule has 0 radical (unpaired) electrons. The molecule has 0 nitrogen and oxygen atoms in total. The SMILES string of the molecule is C.C12C3C4C1C1C2C3C41.C12C3C4C1C1C2C3C41.C12C3C4C1C1C2C3C41.I.[W]. The Labute approximate surface area is 193 Å². The van der Waals surface area contributed by atoms with Crippen LogP contribution >= 0.6 is 24.0 Å². The van der Waals surface area contributed by atoms with Crippen LogP contribution in [-0.4, -0.2) is 0 Å². The molecule has 0 spiro atoms. The first-order valence-corrected chi connectivity index (χ1v) is 12.0. The zero-order valence-corrected chi connectivity index (χ0v) is 19.9. The van der Waals surface area contributed by atoms with E-state index in [9.17, 15) is 0 Å². The fourth-order valence-corrected chi connectivity index (χ4v) is 15.9. The third-order valence-electron chi connectivity index (χ3n) is 16.0. The molecule has 18 aliphatic carbocycles. The predicted molar refractivity (Wildman–Crippen MR) is 106 cm³/mol. The van der Waals surface area contributed by atoms with Crippen molar-refractivity contribution in [3.8, 4) is 0 Å². The van der Waals surface area contributed by atoms with Crippen LogP contribution in [0.2, 0.25) is 0 Å². The molecule has 0 amide bonds. The molecule has 0 aromatic heterocycles. The third-order valence-corrected chi connectivity index (χ3v) is 16.0. The quantitative estimate of drug-likeness (QED) is 0.349. The van der Waals surface area contributed by atoms with E-state index in [4.69, 9.17) is 0 Å². The molecular formula is C25H29IW. The maximum absolute atomic E-state index is 1.33. The van der Waals surface area contributed by atoms with Crippen molar-refractivity contribution in [2.75, 3.05) is 0 Å². The fraction of sp³-hybridized carbons (Fsp3) is 1.00. The van der Waals surface area contributed by atoms with Gasteiger partial charge in [0.15, 0.2) is 0 Å². The van der Waals surface area contributed by atoms with E-state index in [0.717, 1.165) is 0 Å². The first-order chi connectivity index (χ1) is 12.0. The molecule has 0 aliphatic heterocycles. The summed E-state index contributed by atoms with van der Waals surface area (Å²) in [6.07, 6.45) is 0. The average Bonchev–Trinajstić information content (AvgIpc) is 2.71. The largest absolute Gasteiger partial charge is 0.107 e. The van der Waals surface area contributed by atoms with Crippen LogP contribution in [0.1, 0.15) is 7.43 Å². The summed E-state index contributed by atoms with van der Waals surface area (Å²) in [6.45, 7) is 0. The van der Waals surface area contributed by atoms with Crippen molar-refractivity contribution in [3.05, 3.63) is 0 Å². The van der Waals surface area contributed by atoms with Crippen molar-refractivity contribution in [2.45, 2.75) is 7.43 Å². The normalized spacial score (nSPS) is 96.0. The molecule has 0 bridgehead atoms. The number of hydrogen-bond acceptors (Lipinski definition) is 0. The van der Waals surface area contributed by atoms with Gasteiger partial charge in [-0.1, -0.05) is 7.43 Å². The number of rotatable bonds is 0. The summed E-state index contributed by atoms with van der Waals surface area (Å²) >= 11 is 0. The average molecular weight is 640 g/mol. The Bertz CT molecular complexity index is 457. The summed E-state index contributed by atoms with van der Waals surface area (Å²) in [4.78, 5) is 0. The summed E-state index contributed by atoms with van der Waals surface area (Å²) in [6, 6.07) is 0. The molecule has 0 heterocycles. The van der Waals surface area contributed by atoms with Crippen LogP contribution in [0.5, 0.6) is 0 Å². The smallest absolute Gasteiger partial charge is 0 e. The van der Waals surface area contributed by atoms with Gasteiger partial charge >= 0.3 is 0 Å². The van der Waals surface area contributed by atoms with E-state index >= 15 is 0 Å². The summed E-state index contributed by atoms with van der Waals surface area (Å²) in [5.41, 5.74) is 0. The van der Waals surface area contributed by atoms with Crippen LogP contribution in [0.15, 0.2) is 0 Å². The van der Waals surface area contributed by atoms with Gasteiger partial charge in [0.25, 0.3) is 0 Å². The molecule has 142 valence electrons. The standard InChI is InChI=1S/3C8H8.CH4.HI.W/c3*1-2-5-3(1)7-4(1)6(2)8(5)7;;;/h3*1-8H;1H4;1H;. The van der Waals surface area contributed by atoms with Gasteiger partial charge in [-0.15, -0.1) is 24.0 Å². The maximum atomic E-state index is 1.33. The Morgan fingerprint density at radius 3 is 0.259 bits per heavy atom. The zero-order valence-electron chi connectivity index (χ0n) is 14.7. The molecule has 0 aromatic rings. The molecule has 27 heavy (non-hydrogen) atoms. The minimum atomic E-state index is 0. The van der Waals surface area contributed by atoms with Gasteiger partial charge in [0.1, 0.15) is 0 Å². The first-order valence-electron chi connectivity index (χ1n) is 12.0. The topological polar surface area (TPSA) is 0 Å². The molecule has 18 aliphatic rings. The van der Waals surface area contributed by atoms with E-state index in [1.165, 1.54) is 142 Å². The van der Waals surface area contributed by atoms with Gasteiger partial charge in [0.05, 0.1) is 0 Å². The molecule has 18 fully saturated rings. The number of halogens is 1. The Kier molecular flexibility index (Phi) is 2.01. The van der Waals surface area contributed by atoms with Crippen molar-refractivity contribution in [2.24, 2.45) is 142 Å². The summed E-state index contributed by atoms with van der Waals surface area (Å²) in [7, 11) is 0. The molecule has 18 rings (SSSR count). The van der Waals surface area contributed by atoms with Gasteiger partial charge in [-0.25, -0.2) is 0 Å². The van der Waals surface area contributed by atoms with Crippen LogP contribution in [-0.2, 0) is 21.1 Å². The Hall–Kier alpha value is 1.42. The number of hydrogen-bond donors (Lipinski definition) is 0. The molecular weight excluding hydrogens is 611 g/mol. The van der Waals surface area contributed by atoms with E-state index < -0.39 is 0 Å². The van der Waals surface area contributed by atoms with Crippen LogP contribution in [0.4, 0.5) is 0 Å². The molecule has 0 N–H and O–H groups in total. The van der Waals surface area contributed by atoms with Crippen molar-refractivity contribution in [3.63, 3.8) is 0 Å². The van der Waals surface area contributed by atoms with Gasteiger partial charge in [-0.2, -0.15) is 0 Å². The molecule has 0 unspecified atom stereocenters. The van der Waals surface area contributed by atoms with Gasteiger partial charge in [0.2, 0.25) is 0 Å².